The first-order chi connectivity index (χ1) is 19.3. The molecule has 1 aliphatic carbocycles. The van der Waals surface area contributed by atoms with Crippen LogP contribution in [0, 0.1) is 11.6 Å². The third kappa shape index (κ3) is 9.27. The molecule has 0 amide bonds. The van der Waals surface area contributed by atoms with E-state index in [9.17, 15) is 22.8 Å². The van der Waals surface area contributed by atoms with Gasteiger partial charge in [-0.1, -0.05) is 64.5 Å². The van der Waals surface area contributed by atoms with Gasteiger partial charge in [0.25, 0.3) is 0 Å². The van der Waals surface area contributed by atoms with E-state index < -0.39 is 35.3 Å². The predicted molar refractivity (Wildman–Crippen MR) is 148 cm³/mol. The Bertz CT molecular complexity index is 1080. The summed E-state index contributed by atoms with van der Waals surface area (Å²) in [5.41, 5.74) is 0.527. The van der Waals surface area contributed by atoms with Crippen LogP contribution < -0.4 is 9.47 Å². The Kier molecular flexibility index (Phi) is 12.8. The molecule has 0 aromatic heterocycles. The minimum Gasteiger partial charge on any atom is -0.490 e. The van der Waals surface area contributed by atoms with Crippen molar-refractivity contribution in [1.29, 1.82) is 0 Å². The lowest BCUT2D eigenvalue weighted by atomic mass is 9.83. The first-order valence-electron chi connectivity index (χ1n) is 14.6. The van der Waals surface area contributed by atoms with Crippen LogP contribution in [-0.2, 0) is 9.53 Å². The van der Waals surface area contributed by atoms with Crippen molar-refractivity contribution in [2.75, 3.05) is 6.61 Å². The van der Waals surface area contributed by atoms with Gasteiger partial charge in [-0.3, -0.25) is 0 Å². The van der Waals surface area contributed by atoms with Crippen LogP contribution in [0.4, 0.5) is 13.2 Å². The molecule has 0 radical (unpaired) electrons. The van der Waals surface area contributed by atoms with E-state index in [1.807, 2.05) is 19.1 Å². The molecular formula is C32H41F3O5. The van der Waals surface area contributed by atoms with Gasteiger partial charge < -0.3 is 14.2 Å². The Morgan fingerprint density at radius 3 is 2.20 bits per heavy atom. The van der Waals surface area contributed by atoms with Crippen molar-refractivity contribution in [2.24, 2.45) is 0 Å². The normalized spacial score (nSPS) is 17.7. The summed E-state index contributed by atoms with van der Waals surface area (Å²) in [6.45, 7) is 4.34. The number of halogens is 3. The number of carbonyl (C=O) groups excluding carboxylic acids is 2. The second-order valence-electron chi connectivity index (χ2n) is 10.5. The molecule has 1 atom stereocenters. The van der Waals surface area contributed by atoms with Gasteiger partial charge in [0.05, 0.1) is 12.2 Å². The van der Waals surface area contributed by atoms with Crippen molar-refractivity contribution in [3.8, 4) is 11.5 Å². The van der Waals surface area contributed by atoms with E-state index in [-0.39, 0.29) is 36.5 Å². The minimum absolute atomic E-state index is 0.197. The lowest BCUT2D eigenvalue weighted by molar-refractivity contribution is -0.157. The number of rotatable bonds is 15. The van der Waals surface area contributed by atoms with E-state index in [1.54, 1.807) is 12.1 Å². The lowest BCUT2D eigenvalue weighted by Crippen LogP contribution is -2.28. The molecule has 220 valence electrons. The fourth-order valence-corrected chi connectivity index (χ4v) is 4.91. The number of alkyl halides is 1. The molecule has 2 aromatic rings. The summed E-state index contributed by atoms with van der Waals surface area (Å²) in [6.07, 6.45) is 7.72. The molecule has 0 unspecified atom stereocenters. The fraction of sp³-hybridized carbons (Fsp3) is 0.562. The van der Waals surface area contributed by atoms with E-state index in [4.69, 9.17) is 14.2 Å². The highest BCUT2D eigenvalue weighted by molar-refractivity contribution is 5.91. The first-order valence-corrected chi connectivity index (χ1v) is 14.6. The Morgan fingerprint density at radius 1 is 0.850 bits per heavy atom. The van der Waals surface area contributed by atoms with Crippen molar-refractivity contribution in [1.82, 2.24) is 0 Å². The molecule has 2 aromatic carbocycles. The summed E-state index contributed by atoms with van der Waals surface area (Å²) in [4.78, 5) is 24.5. The maximum atomic E-state index is 14.6. The summed E-state index contributed by atoms with van der Waals surface area (Å²) in [7, 11) is 0. The molecule has 8 heteroatoms. The third-order valence-electron chi connectivity index (χ3n) is 7.36. The molecule has 1 saturated carbocycles. The smallest absolute Gasteiger partial charge is 0.346 e. The van der Waals surface area contributed by atoms with Gasteiger partial charge in [-0.15, -0.1) is 0 Å². The van der Waals surface area contributed by atoms with E-state index in [1.165, 1.54) is 12.1 Å². The predicted octanol–water partition coefficient (Wildman–Crippen LogP) is 8.63. The summed E-state index contributed by atoms with van der Waals surface area (Å²) in [6, 6.07) is 9.31. The number of ether oxygens (including phenoxy) is 3. The Morgan fingerprint density at radius 2 is 1.52 bits per heavy atom. The number of benzene rings is 2. The van der Waals surface area contributed by atoms with Crippen molar-refractivity contribution >= 4 is 11.9 Å². The highest BCUT2D eigenvalue weighted by Gasteiger charge is 2.28. The van der Waals surface area contributed by atoms with Crippen molar-refractivity contribution in [3.63, 3.8) is 0 Å². The van der Waals surface area contributed by atoms with Gasteiger partial charge in [-0.2, -0.15) is 4.39 Å². The zero-order valence-electron chi connectivity index (χ0n) is 23.6. The average molecular weight is 563 g/mol. The van der Waals surface area contributed by atoms with Crippen LogP contribution in [0.5, 0.6) is 11.5 Å². The van der Waals surface area contributed by atoms with Crippen LogP contribution in [0.15, 0.2) is 36.4 Å². The Hall–Kier alpha value is -3.03. The zero-order valence-corrected chi connectivity index (χ0v) is 23.6. The second-order valence-corrected chi connectivity index (χ2v) is 10.5. The molecule has 0 bridgehead atoms. The number of carbonyl (C=O) groups is 2. The number of hydrogen-bond donors (Lipinski definition) is 0. The minimum atomic E-state index is -1.56. The molecule has 0 saturated heterocycles. The van der Waals surface area contributed by atoms with Crippen LogP contribution in [0.1, 0.15) is 113 Å². The summed E-state index contributed by atoms with van der Waals surface area (Å²) in [5, 5.41) is 0. The molecule has 1 aliphatic rings. The first kappa shape index (κ1) is 31.5. The molecule has 3 rings (SSSR count). The van der Waals surface area contributed by atoms with Crippen molar-refractivity contribution in [3.05, 3.63) is 59.2 Å². The number of hydrogen-bond acceptors (Lipinski definition) is 5. The zero-order chi connectivity index (χ0) is 28.9. The highest BCUT2D eigenvalue weighted by atomic mass is 19.2. The molecular weight excluding hydrogens is 521 g/mol. The van der Waals surface area contributed by atoms with Crippen LogP contribution in [0.3, 0.4) is 0 Å². The number of esters is 2. The van der Waals surface area contributed by atoms with Crippen molar-refractivity contribution in [2.45, 2.75) is 109 Å². The standard InChI is InChI=1S/C32H41F3O5/c1-3-5-7-8-9-21-38-28-20-19-26(29(34)30(28)35)31(36)39-24-15-11-22(12-16-24)23-13-17-25(18-14-23)40-32(37)27(33)10-6-4-2/h11-12,15-16,19-20,23,25,27H,3-10,13-14,17-18,21H2,1-2H3/t23-,25-,27-/m1/s1. The third-order valence-corrected chi connectivity index (χ3v) is 7.36. The molecule has 0 N–H and O–H groups in total. The van der Waals surface area contributed by atoms with Gasteiger partial charge in [0, 0.05) is 0 Å². The van der Waals surface area contributed by atoms with Crippen molar-refractivity contribution < 1.29 is 37.0 Å². The van der Waals surface area contributed by atoms with Crippen LogP contribution in [0.25, 0.3) is 0 Å². The van der Waals surface area contributed by atoms with Crippen LogP contribution >= 0.6 is 0 Å². The average Bonchev–Trinajstić information content (AvgIpc) is 2.96. The maximum absolute atomic E-state index is 14.6. The SMILES string of the molecule is CCCCCCCOc1ccc(C(=O)Oc2ccc([C@H]3CC[C@H](OC(=O)[C@H](F)CCCC)CC3)cc2)c(F)c1F. The van der Waals surface area contributed by atoms with E-state index in [0.29, 0.717) is 19.3 Å². The second kappa shape index (κ2) is 16.3. The van der Waals surface area contributed by atoms with Gasteiger partial charge >= 0.3 is 11.9 Å². The van der Waals surface area contributed by atoms with E-state index >= 15 is 0 Å². The van der Waals surface area contributed by atoms with E-state index in [0.717, 1.165) is 56.9 Å². The topological polar surface area (TPSA) is 61.8 Å². The number of unbranched alkanes of at least 4 members (excludes halogenated alkanes) is 5. The molecule has 5 nitrogen and oxygen atoms in total. The monoisotopic (exact) mass is 562 g/mol. The van der Waals surface area contributed by atoms with Gasteiger partial charge in [0.1, 0.15) is 11.9 Å². The highest BCUT2D eigenvalue weighted by Crippen LogP contribution is 2.35. The van der Waals surface area contributed by atoms with E-state index in [2.05, 4.69) is 6.92 Å². The molecule has 0 aliphatic heterocycles. The molecule has 1 fully saturated rings. The largest absolute Gasteiger partial charge is 0.490 e. The Labute approximate surface area is 235 Å². The van der Waals surface area contributed by atoms with Gasteiger partial charge in [0.2, 0.25) is 5.82 Å². The van der Waals surface area contributed by atoms with Gasteiger partial charge in [-0.25, -0.2) is 18.4 Å². The van der Waals surface area contributed by atoms with Crippen LogP contribution in [0.2, 0.25) is 0 Å². The summed E-state index contributed by atoms with van der Waals surface area (Å²) >= 11 is 0. The lowest BCUT2D eigenvalue weighted by Gasteiger charge is -2.29. The maximum Gasteiger partial charge on any atom is 0.346 e. The Balaban J connectivity index is 1.48. The quantitative estimate of drug-likeness (QED) is 0.124. The molecule has 0 heterocycles. The summed E-state index contributed by atoms with van der Waals surface area (Å²) < 4.78 is 59.0. The molecule has 40 heavy (non-hydrogen) atoms. The fourth-order valence-electron chi connectivity index (χ4n) is 4.91. The summed E-state index contributed by atoms with van der Waals surface area (Å²) in [5.74, 6) is -4.05. The van der Waals surface area contributed by atoms with Gasteiger partial charge in [0.15, 0.2) is 17.7 Å². The van der Waals surface area contributed by atoms with Gasteiger partial charge in [-0.05, 0) is 74.3 Å². The molecule has 0 spiro atoms. The van der Waals surface area contributed by atoms with Crippen LogP contribution in [-0.4, -0.2) is 30.8 Å².